The summed E-state index contributed by atoms with van der Waals surface area (Å²) in [6.45, 7) is 10.1. The molecule has 4 heteroatoms. The maximum Gasteiger partial charge on any atom is 0.107 e. The van der Waals surface area contributed by atoms with E-state index in [2.05, 4.69) is 41.4 Å². The topological polar surface area (TPSA) is 28.2 Å². The third kappa shape index (κ3) is 3.27. The first-order valence-electron chi connectivity index (χ1n) is 6.56. The Kier molecular flexibility index (Phi) is 4.54. The van der Waals surface area contributed by atoms with E-state index in [9.17, 15) is 0 Å². The Bertz CT molecular complexity index is 323. The molecule has 1 aliphatic heterocycles. The van der Waals surface area contributed by atoms with Gasteiger partial charge < -0.3 is 5.32 Å². The summed E-state index contributed by atoms with van der Waals surface area (Å²) >= 11 is 1.77. The van der Waals surface area contributed by atoms with Crippen LogP contribution in [-0.4, -0.2) is 35.1 Å². The summed E-state index contributed by atoms with van der Waals surface area (Å²) in [5, 5.41) is 6.98. The van der Waals surface area contributed by atoms with E-state index in [1.165, 1.54) is 11.4 Å². The van der Waals surface area contributed by atoms with Gasteiger partial charge in [-0.05, 0) is 12.3 Å². The maximum atomic E-state index is 4.41. The summed E-state index contributed by atoms with van der Waals surface area (Å²) in [5.41, 5.74) is 0. The minimum absolute atomic E-state index is 0.623. The van der Waals surface area contributed by atoms with Crippen LogP contribution in [0.3, 0.4) is 0 Å². The van der Waals surface area contributed by atoms with Crippen molar-refractivity contribution in [3.8, 4) is 0 Å². The number of hydrogen-bond donors (Lipinski definition) is 1. The highest BCUT2D eigenvalue weighted by molar-refractivity contribution is 7.09. The summed E-state index contributed by atoms with van der Waals surface area (Å²) < 4.78 is 0. The molecular formula is C13H23N3S. The molecule has 0 amide bonds. The van der Waals surface area contributed by atoms with Gasteiger partial charge in [-0.15, -0.1) is 11.3 Å². The van der Waals surface area contributed by atoms with Gasteiger partial charge >= 0.3 is 0 Å². The van der Waals surface area contributed by atoms with Crippen molar-refractivity contribution in [3.63, 3.8) is 0 Å². The summed E-state index contributed by atoms with van der Waals surface area (Å²) in [6.07, 6.45) is 3.12. The van der Waals surface area contributed by atoms with Gasteiger partial charge in [0.15, 0.2) is 0 Å². The molecule has 0 aromatic carbocycles. The molecule has 2 atom stereocenters. The van der Waals surface area contributed by atoms with Crippen molar-refractivity contribution in [2.75, 3.05) is 13.1 Å². The van der Waals surface area contributed by atoms with Gasteiger partial charge in [0.1, 0.15) is 5.01 Å². The van der Waals surface area contributed by atoms with Gasteiger partial charge in [0, 0.05) is 36.8 Å². The molecule has 0 aliphatic carbocycles. The second kappa shape index (κ2) is 5.94. The van der Waals surface area contributed by atoms with Crippen molar-refractivity contribution in [3.05, 3.63) is 16.6 Å². The van der Waals surface area contributed by atoms with Gasteiger partial charge in [-0.2, -0.15) is 0 Å². The third-order valence-corrected chi connectivity index (χ3v) is 4.43. The quantitative estimate of drug-likeness (QED) is 0.893. The molecule has 2 unspecified atom stereocenters. The number of aromatic nitrogens is 1. The van der Waals surface area contributed by atoms with E-state index in [-0.39, 0.29) is 0 Å². The van der Waals surface area contributed by atoms with E-state index in [1.807, 2.05) is 6.20 Å². The van der Waals surface area contributed by atoms with Crippen LogP contribution in [0.5, 0.6) is 0 Å². The Morgan fingerprint density at radius 1 is 1.59 bits per heavy atom. The molecule has 1 aromatic rings. The van der Waals surface area contributed by atoms with Crippen LogP contribution >= 0.6 is 11.3 Å². The van der Waals surface area contributed by atoms with E-state index in [0.717, 1.165) is 19.6 Å². The molecule has 1 N–H and O–H groups in total. The highest BCUT2D eigenvalue weighted by Gasteiger charge is 2.28. The zero-order valence-electron chi connectivity index (χ0n) is 11.0. The molecule has 96 valence electrons. The fourth-order valence-electron chi connectivity index (χ4n) is 2.43. The van der Waals surface area contributed by atoms with Crippen molar-refractivity contribution < 1.29 is 0 Å². The van der Waals surface area contributed by atoms with E-state index in [1.54, 1.807) is 11.3 Å². The predicted octanol–water partition coefficient (Wildman–Crippen LogP) is 2.35. The van der Waals surface area contributed by atoms with Crippen LogP contribution < -0.4 is 5.32 Å². The Hall–Kier alpha value is -0.450. The summed E-state index contributed by atoms with van der Waals surface area (Å²) in [5.74, 6) is 0.701. The number of thiazole rings is 1. The third-order valence-electron chi connectivity index (χ3n) is 3.66. The molecule has 0 spiro atoms. The molecule has 1 aromatic heterocycles. The number of piperazine rings is 1. The molecule has 1 aliphatic rings. The zero-order chi connectivity index (χ0) is 12.3. The van der Waals surface area contributed by atoms with Gasteiger partial charge in [-0.1, -0.05) is 20.8 Å². The first-order chi connectivity index (χ1) is 8.20. The van der Waals surface area contributed by atoms with E-state index < -0.39 is 0 Å². The standard InChI is InChI=1S/C13H23N3S/c1-4-11-7-15-12(10(2)3)8-16(11)9-13-14-5-6-17-13/h5-6,10-12,15H,4,7-9H2,1-3H3. The first-order valence-corrected chi connectivity index (χ1v) is 7.44. The Labute approximate surface area is 108 Å². The summed E-state index contributed by atoms with van der Waals surface area (Å²) in [6, 6.07) is 1.28. The first kappa shape index (κ1) is 13.0. The minimum Gasteiger partial charge on any atom is -0.311 e. The lowest BCUT2D eigenvalue weighted by Gasteiger charge is -2.41. The van der Waals surface area contributed by atoms with Gasteiger partial charge in [0.05, 0.1) is 6.54 Å². The molecule has 3 nitrogen and oxygen atoms in total. The molecule has 0 saturated carbocycles. The molecule has 2 rings (SSSR count). The monoisotopic (exact) mass is 253 g/mol. The van der Waals surface area contributed by atoms with Crippen molar-refractivity contribution in [1.29, 1.82) is 0 Å². The van der Waals surface area contributed by atoms with Crippen LogP contribution in [0.15, 0.2) is 11.6 Å². The molecule has 1 saturated heterocycles. The maximum absolute atomic E-state index is 4.41. The van der Waals surface area contributed by atoms with Crippen LogP contribution in [0.2, 0.25) is 0 Å². The smallest absolute Gasteiger partial charge is 0.107 e. The van der Waals surface area contributed by atoms with Crippen molar-refractivity contribution >= 4 is 11.3 Å². The second-order valence-corrected chi connectivity index (χ2v) is 6.16. The molecular weight excluding hydrogens is 230 g/mol. The lowest BCUT2D eigenvalue weighted by Crippen LogP contribution is -2.57. The van der Waals surface area contributed by atoms with Crippen molar-refractivity contribution in [2.24, 2.45) is 5.92 Å². The van der Waals surface area contributed by atoms with E-state index >= 15 is 0 Å². The highest BCUT2D eigenvalue weighted by Crippen LogP contribution is 2.18. The number of nitrogens with zero attached hydrogens (tertiary/aromatic N) is 2. The average Bonchev–Trinajstić information content (AvgIpc) is 2.81. The summed E-state index contributed by atoms with van der Waals surface area (Å²) in [4.78, 5) is 7.00. The van der Waals surface area contributed by atoms with E-state index in [4.69, 9.17) is 0 Å². The van der Waals surface area contributed by atoms with Crippen LogP contribution in [0.25, 0.3) is 0 Å². The Morgan fingerprint density at radius 3 is 3.00 bits per heavy atom. The predicted molar refractivity (Wildman–Crippen MR) is 73.2 cm³/mol. The molecule has 2 heterocycles. The fraction of sp³-hybridized carbons (Fsp3) is 0.769. The second-order valence-electron chi connectivity index (χ2n) is 5.18. The highest BCUT2D eigenvalue weighted by atomic mass is 32.1. The van der Waals surface area contributed by atoms with Crippen LogP contribution in [-0.2, 0) is 6.54 Å². The molecule has 0 bridgehead atoms. The van der Waals surface area contributed by atoms with Crippen molar-refractivity contribution in [1.82, 2.24) is 15.2 Å². The minimum atomic E-state index is 0.623. The Balaban J connectivity index is 1.99. The molecule has 1 fully saturated rings. The summed E-state index contributed by atoms with van der Waals surface area (Å²) in [7, 11) is 0. The number of hydrogen-bond acceptors (Lipinski definition) is 4. The van der Waals surface area contributed by atoms with E-state index in [0.29, 0.717) is 18.0 Å². The van der Waals surface area contributed by atoms with Gasteiger partial charge in [0.2, 0.25) is 0 Å². The largest absolute Gasteiger partial charge is 0.311 e. The van der Waals surface area contributed by atoms with Gasteiger partial charge in [-0.25, -0.2) is 4.98 Å². The lowest BCUT2D eigenvalue weighted by molar-refractivity contribution is 0.103. The van der Waals surface area contributed by atoms with Gasteiger partial charge in [-0.3, -0.25) is 4.90 Å². The normalized spacial score (nSPS) is 26.6. The van der Waals surface area contributed by atoms with Crippen LogP contribution in [0.4, 0.5) is 0 Å². The average molecular weight is 253 g/mol. The SMILES string of the molecule is CCC1CNC(C(C)C)CN1Cc1nccs1. The van der Waals surface area contributed by atoms with Crippen LogP contribution in [0.1, 0.15) is 32.2 Å². The fourth-order valence-corrected chi connectivity index (χ4v) is 3.07. The zero-order valence-corrected chi connectivity index (χ0v) is 11.8. The Morgan fingerprint density at radius 2 is 2.41 bits per heavy atom. The molecule has 0 radical (unpaired) electrons. The number of nitrogens with one attached hydrogen (secondary N) is 1. The number of rotatable bonds is 4. The van der Waals surface area contributed by atoms with Crippen LogP contribution in [0, 0.1) is 5.92 Å². The van der Waals surface area contributed by atoms with Crippen molar-refractivity contribution in [2.45, 2.75) is 45.8 Å². The lowest BCUT2D eigenvalue weighted by atomic mass is 9.98. The molecule has 17 heavy (non-hydrogen) atoms. The van der Waals surface area contributed by atoms with Gasteiger partial charge in [0.25, 0.3) is 0 Å².